The van der Waals surface area contributed by atoms with E-state index in [0.717, 1.165) is 11.8 Å². The summed E-state index contributed by atoms with van der Waals surface area (Å²) in [5.41, 5.74) is 5.30. The number of para-hydroxylation sites is 2. The molecule has 3 aromatic carbocycles. The van der Waals surface area contributed by atoms with E-state index in [1.165, 1.54) is 36.1 Å². The Hall–Kier alpha value is -3.27. The zero-order valence-corrected chi connectivity index (χ0v) is 19.0. The Balaban J connectivity index is 1.33. The SMILES string of the molecule is CCOc1ccccc1NC(=O)c1ccc2c(c1)[C@@H]1[C@H]3CC[C@@H](C3)[C@@H]1[C@@H](c1ccccc1)N2. The molecule has 0 aromatic heterocycles. The number of carbonyl (C=O) groups is 1. The van der Waals surface area contributed by atoms with Gasteiger partial charge in [0, 0.05) is 11.3 Å². The van der Waals surface area contributed by atoms with Crippen molar-refractivity contribution in [2.24, 2.45) is 17.8 Å². The van der Waals surface area contributed by atoms with E-state index >= 15 is 0 Å². The van der Waals surface area contributed by atoms with Crippen molar-refractivity contribution in [2.45, 2.75) is 38.1 Å². The van der Waals surface area contributed by atoms with Crippen LogP contribution >= 0.6 is 0 Å². The summed E-state index contributed by atoms with van der Waals surface area (Å²) in [5, 5.41) is 6.92. The maximum atomic E-state index is 13.2. The lowest BCUT2D eigenvalue weighted by Gasteiger charge is -2.43. The average molecular weight is 439 g/mol. The first-order chi connectivity index (χ1) is 16.2. The fourth-order valence-corrected chi connectivity index (χ4v) is 6.66. The molecule has 3 aromatic rings. The van der Waals surface area contributed by atoms with Gasteiger partial charge in [-0.05, 0) is 91.3 Å². The number of benzene rings is 3. The first kappa shape index (κ1) is 20.3. The molecule has 0 radical (unpaired) electrons. The fourth-order valence-electron chi connectivity index (χ4n) is 6.66. The zero-order valence-electron chi connectivity index (χ0n) is 19.0. The molecule has 2 N–H and O–H groups in total. The molecule has 2 aliphatic carbocycles. The summed E-state index contributed by atoms with van der Waals surface area (Å²) in [6, 6.07) is 25.0. The van der Waals surface area contributed by atoms with Crippen molar-refractivity contribution in [2.75, 3.05) is 17.2 Å². The highest BCUT2D eigenvalue weighted by Gasteiger charge is 2.53. The number of hydrogen-bond acceptors (Lipinski definition) is 3. The van der Waals surface area contributed by atoms with Gasteiger partial charge in [-0.2, -0.15) is 0 Å². The number of rotatable bonds is 5. The molecule has 33 heavy (non-hydrogen) atoms. The van der Waals surface area contributed by atoms with Gasteiger partial charge in [0.05, 0.1) is 18.3 Å². The molecular weight excluding hydrogens is 408 g/mol. The molecule has 2 fully saturated rings. The predicted molar refractivity (Wildman–Crippen MR) is 132 cm³/mol. The maximum absolute atomic E-state index is 13.2. The summed E-state index contributed by atoms with van der Waals surface area (Å²) in [7, 11) is 0. The molecule has 6 rings (SSSR count). The van der Waals surface area contributed by atoms with Gasteiger partial charge in [-0.1, -0.05) is 42.5 Å². The topological polar surface area (TPSA) is 50.4 Å². The van der Waals surface area contributed by atoms with Crippen molar-refractivity contribution in [1.29, 1.82) is 0 Å². The number of nitrogens with one attached hydrogen (secondary N) is 2. The molecule has 4 heteroatoms. The van der Waals surface area contributed by atoms with E-state index < -0.39 is 0 Å². The number of anilines is 2. The third-order valence-electron chi connectivity index (χ3n) is 7.94. The third kappa shape index (κ3) is 3.49. The van der Waals surface area contributed by atoms with Crippen molar-refractivity contribution >= 4 is 17.3 Å². The van der Waals surface area contributed by atoms with E-state index in [1.807, 2.05) is 37.3 Å². The van der Waals surface area contributed by atoms with Crippen molar-refractivity contribution < 1.29 is 9.53 Å². The smallest absolute Gasteiger partial charge is 0.255 e. The van der Waals surface area contributed by atoms with Crippen LogP contribution in [0.1, 0.15) is 59.6 Å². The fraction of sp³-hybridized carbons (Fsp3) is 0.345. The predicted octanol–water partition coefficient (Wildman–Crippen LogP) is 6.63. The normalized spacial score (nSPS) is 26.8. The molecule has 0 spiro atoms. The highest BCUT2D eigenvalue weighted by molar-refractivity contribution is 6.05. The second-order valence-corrected chi connectivity index (χ2v) is 9.65. The molecule has 1 heterocycles. The van der Waals surface area contributed by atoms with Crippen LogP contribution in [0.15, 0.2) is 72.8 Å². The second-order valence-electron chi connectivity index (χ2n) is 9.65. The van der Waals surface area contributed by atoms with Gasteiger partial charge < -0.3 is 15.4 Å². The van der Waals surface area contributed by atoms with Crippen molar-refractivity contribution in [3.05, 3.63) is 89.5 Å². The van der Waals surface area contributed by atoms with Crippen LogP contribution in [0.2, 0.25) is 0 Å². The highest BCUT2D eigenvalue weighted by Crippen LogP contribution is 2.63. The molecule has 168 valence electrons. The minimum absolute atomic E-state index is 0.0881. The van der Waals surface area contributed by atoms with Crippen LogP contribution in [0.25, 0.3) is 0 Å². The van der Waals surface area contributed by atoms with E-state index in [2.05, 4.69) is 53.1 Å². The van der Waals surface area contributed by atoms with E-state index in [-0.39, 0.29) is 5.91 Å². The van der Waals surface area contributed by atoms with Gasteiger partial charge in [-0.25, -0.2) is 0 Å². The number of amides is 1. The van der Waals surface area contributed by atoms with Crippen LogP contribution in [0.4, 0.5) is 11.4 Å². The van der Waals surface area contributed by atoms with E-state index in [0.29, 0.717) is 41.5 Å². The Morgan fingerprint density at radius 1 is 1.00 bits per heavy atom. The second kappa shape index (κ2) is 8.26. The number of carbonyl (C=O) groups excluding carboxylic acids is 1. The zero-order chi connectivity index (χ0) is 22.4. The quantitative estimate of drug-likeness (QED) is 0.470. The van der Waals surface area contributed by atoms with Crippen LogP contribution in [0, 0.1) is 17.8 Å². The van der Waals surface area contributed by atoms with Crippen molar-refractivity contribution in [3.63, 3.8) is 0 Å². The molecule has 4 nitrogen and oxygen atoms in total. The molecule has 0 saturated heterocycles. The van der Waals surface area contributed by atoms with Gasteiger partial charge in [-0.3, -0.25) is 4.79 Å². The van der Waals surface area contributed by atoms with Gasteiger partial charge in [0.25, 0.3) is 5.91 Å². The van der Waals surface area contributed by atoms with Crippen LogP contribution in [-0.2, 0) is 0 Å². The van der Waals surface area contributed by atoms with Crippen LogP contribution in [-0.4, -0.2) is 12.5 Å². The van der Waals surface area contributed by atoms with Crippen molar-refractivity contribution in [3.8, 4) is 5.75 Å². The summed E-state index contributed by atoms with van der Waals surface area (Å²) in [6.07, 6.45) is 3.96. The largest absolute Gasteiger partial charge is 0.492 e. The van der Waals surface area contributed by atoms with E-state index in [4.69, 9.17) is 4.74 Å². The number of fused-ring (bicyclic) bond motifs is 7. The molecule has 1 aliphatic heterocycles. The number of hydrogen-bond donors (Lipinski definition) is 2. The molecule has 0 unspecified atom stereocenters. The van der Waals surface area contributed by atoms with Crippen molar-refractivity contribution in [1.82, 2.24) is 0 Å². The van der Waals surface area contributed by atoms with Gasteiger partial charge in [0.1, 0.15) is 5.75 Å². The van der Waals surface area contributed by atoms with Gasteiger partial charge in [0.15, 0.2) is 0 Å². The Morgan fingerprint density at radius 2 is 1.79 bits per heavy atom. The lowest BCUT2D eigenvalue weighted by atomic mass is 9.68. The van der Waals surface area contributed by atoms with E-state index in [1.54, 1.807) is 0 Å². The molecular formula is C29H30N2O2. The highest BCUT2D eigenvalue weighted by atomic mass is 16.5. The Morgan fingerprint density at radius 3 is 2.64 bits per heavy atom. The summed E-state index contributed by atoms with van der Waals surface area (Å²) >= 11 is 0. The summed E-state index contributed by atoms with van der Waals surface area (Å²) in [5.74, 6) is 3.22. The first-order valence-electron chi connectivity index (χ1n) is 12.2. The monoisotopic (exact) mass is 438 g/mol. The van der Waals surface area contributed by atoms with Crippen LogP contribution in [0.3, 0.4) is 0 Å². The lowest BCUT2D eigenvalue weighted by Crippen LogP contribution is -2.35. The molecule has 3 aliphatic rings. The van der Waals surface area contributed by atoms with Gasteiger partial charge in [-0.15, -0.1) is 0 Å². The van der Waals surface area contributed by atoms with Gasteiger partial charge in [0.2, 0.25) is 0 Å². The molecule has 2 saturated carbocycles. The minimum Gasteiger partial charge on any atom is -0.492 e. The molecule has 2 bridgehead atoms. The minimum atomic E-state index is -0.0881. The Labute approximate surface area is 195 Å². The first-order valence-corrected chi connectivity index (χ1v) is 12.2. The number of ether oxygens (including phenoxy) is 1. The summed E-state index contributed by atoms with van der Waals surface area (Å²) < 4.78 is 5.68. The average Bonchev–Trinajstić information content (AvgIpc) is 3.48. The summed E-state index contributed by atoms with van der Waals surface area (Å²) in [4.78, 5) is 13.2. The van der Waals surface area contributed by atoms with Crippen LogP contribution < -0.4 is 15.4 Å². The van der Waals surface area contributed by atoms with Crippen LogP contribution in [0.5, 0.6) is 5.75 Å². The maximum Gasteiger partial charge on any atom is 0.255 e. The van der Waals surface area contributed by atoms with E-state index in [9.17, 15) is 4.79 Å². The standard InChI is InChI=1S/C29H30N2O2/c1-2-33-25-11-7-6-10-24(25)31-29(32)21-14-15-23-22(17-21)26-19-12-13-20(16-19)27(26)28(30-23)18-8-4-3-5-9-18/h3-11,14-15,17,19-20,26-28,30H,2,12-13,16H2,1H3,(H,31,32)/t19-,20-,26-,27-,28+/m0/s1. The summed E-state index contributed by atoms with van der Waals surface area (Å²) in [6.45, 7) is 2.51. The molecule has 1 amide bonds. The van der Waals surface area contributed by atoms with Gasteiger partial charge >= 0.3 is 0 Å². The lowest BCUT2D eigenvalue weighted by molar-refractivity contribution is 0.102. The Kier molecular flexibility index (Phi) is 5.09. The third-order valence-corrected chi connectivity index (χ3v) is 7.94. The molecule has 5 atom stereocenters. The Bertz CT molecular complexity index is 1180.